The van der Waals surface area contributed by atoms with E-state index in [-0.39, 0.29) is 11.8 Å². The Labute approximate surface area is 96.9 Å². The molecular weight excluding hydrogens is 202 g/mol. The molecule has 3 heteroatoms. The van der Waals surface area contributed by atoms with E-state index in [0.29, 0.717) is 0 Å². The van der Waals surface area contributed by atoms with Gasteiger partial charge in [0, 0.05) is 5.54 Å². The van der Waals surface area contributed by atoms with Crippen molar-refractivity contribution in [3.63, 3.8) is 0 Å². The van der Waals surface area contributed by atoms with Gasteiger partial charge in [0.25, 0.3) is 0 Å². The molecule has 1 heterocycles. The molecule has 1 aliphatic heterocycles. The second kappa shape index (κ2) is 4.07. The van der Waals surface area contributed by atoms with Crippen LogP contribution in [0, 0.1) is 0 Å². The van der Waals surface area contributed by atoms with E-state index in [2.05, 4.69) is 38.0 Å². The second-order valence-corrected chi connectivity index (χ2v) is 4.72. The zero-order chi connectivity index (χ0) is 11.8. The molecule has 2 unspecified atom stereocenters. The molecular formula is C13H19NO2. The Hall–Kier alpha value is -1.06. The molecule has 0 saturated carbocycles. The maximum Gasteiger partial charge on any atom is 0.180 e. The van der Waals surface area contributed by atoms with Gasteiger partial charge >= 0.3 is 0 Å². The molecule has 2 atom stereocenters. The summed E-state index contributed by atoms with van der Waals surface area (Å²) in [4.78, 5) is 5.62. The number of nitrogens with zero attached hydrogens (tertiary/aromatic N) is 1. The van der Waals surface area contributed by atoms with Crippen molar-refractivity contribution in [2.45, 2.75) is 39.0 Å². The normalized spacial score (nSPS) is 24.2. The van der Waals surface area contributed by atoms with Gasteiger partial charge in [-0.1, -0.05) is 19.1 Å². The smallest absolute Gasteiger partial charge is 0.180 e. The van der Waals surface area contributed by atoms with Crippen molar-refractivity contribution in [2.24, 2.45) is 0 Å². The Morgan fingerprint density at radius 2 is 1.94 bits per heavy atom. The molecule has 0 N–H and O–H groups in total. The van der Waals surface area contributed by atoms with Crippen LogP contribution in [0.5, 0.6) is 5.75 Å². The molecule has 1 aromatic rings. The first-order valence-electron chi connectivity index (χ1n) is 5.68. The van der Waals surface area contributed by atoms with Crippen LogP contribution in [0.4, 0.5) is 0 Å². The van der Waals surface area contributed by atoms with E-state index in [0.717, 1.165) is 12.2 Å². The molecule has 3 nitrogen and oxygen atoms in total. The molecule has 0 amide bonds. The van der Waals surface area contributed by atoms with Gasteiger partial charge in [0.05, 0.1) is 7.11 Å². The fourth-order valence-corrected chi connectivity index (χ4v) is 1.66. The van der Waals surface area contributed by atoms with Crippen molar-refractivity contribution >= 4 is 0 Å². The summed E-state index contributed by atoms with van der Waals surface area (Å²) in [6.07, 6.45) is 1.18. The van der Waals surface area contributed by atoms with Gasteiger partial charge in [-0.25, -0.2) is 0 Å². The highest BCUT2D eigenvalue weighted by Gasteiger charge is 2.47. The largest absolute Gasteiger partial charge is 0.497 e. The second-order valence-electron chi connectivity index (χ2n) is 4.72. The Balaban J connectivity index is 2.06. The highest BCUT2D eigenvalue weighted by atomic mass is 16.8. The summed E-state index contributed by atoms with van der Waals surface area (Å²) in [5, 5.41) is 2.05. The number of hydrogen-bond acceptors (Lipinski definition) is 3. The third-order valence-corrected chi connectivity index (χ3v) is 3.24. The summed E-state index contributed by atoms with van der Waals surface area (Å²) in [6.45, 7) is 6.56. The molecule has 1 saturated heterocycles. The van der Waals surface area contributed by atoms with Crippen LogP contribution in [-0.4, -0.2) is 17.7 Å². The Morgan fingerprint density at radius 3 is 2.44 bits per heavy atom. The lowest BCUT2D eigenvalue weighted by Crippen LogP contribution is -2.29. The fourth-order valence-electron chi connectivity index (χ4n) is 1.66. The minimum absolute atomic E-state index is 0.102. The first kappa shape index (κ1) is 11.4. The number of methoxy groups -OCH3 is 1. The van der Waals surface area contributed by atoms with Crippen LogP contribution in [0.1, 0.15) is 39.0 Å². The molecule has 1 aromatic carbocycles. The highest BCUT2D eigenvalue weighted by Crippen LogP contribution is 2.44. The van der Waals surface area contributed by atoms with E-state index < -0.39 is 0 Å². The molecule has 0 aliphatic carbocycles. The molecule has 88 valence electrons. The van der Waals surface area contributed by atoms with E-state index in [1.54, 1.807) is 7.11 Å². The van der Waals surface area contributed by atoms with Crippen LogP contribution < -0.4 is 4.74 Å². The van der Waals surface area contributed by atoms with Crippen molar-refractivity contribution in [3.05, 3.63) is 29.8 Å². The van der Waals surface area contributed by atoms with E-state index >= 15 is 0 Å². The maximum absolute atomic E-state index is 5.62. The van der Waals surface area contributed by atoms with E-state index in [1.807, 2.05) is 12.1 Å². The zero-order valence-electron chi connectivity index (χ0n) is 10.4. The first-order valence-corrected chi connectivity index (χ1v) is 5.68. The van der Waals surface area contributed by atoms with E-state index in [9.17, 15) is 0 Å². The summed E-state index contributed by atoms with van der Waals surface area (Å²) in [5.41, 5.74) is 1.28. The molecule has 1 aliphatic rings. The topological polar surface area (TPSA) is 24.8 Å². The monoisotopic (exact) mass is 221 g/mol. The number of hydroxylamine groups is 2. The molecule has 0 spiro atoms. The third-order valence-electron chi connectivity index (χ3n) is 3.24. The Bertz CT molecular complexity index is 359. The first-order chi connectivity index (χ1) is 7.58. The van der Waals surface area contributed by atoms with Crippen molar-refractivity contribution in [1.82, 2.24) is 5.06 Å². The van der Waals surface area contributed by atoms with Crippen LogP contribution >= 0.6 is 0 Å². The fraction of sp³-hybridized carbons (Fsp3) is 0.538. The maximum atomic E-state index is 5.62. The van der Waals surface area contributed by atoms with Crippen molar-refractivity contribution in [1.29, 1.82) is 0 Å². The van der Waals surface area contributed by atoms with Gasteiger partial charge in [-0.05, 0) is 38.0 Å². The van der Waals surface area contributed by atoms with Crippen molar-refractivity contribution in [3.8, 4) is 5.75 Å². The van der Waals surface area contributed by atoms with Gasteiger partial charge in [-0.3, -0.25) is 4.84 Å². The van der Waals surface area contributed by atoms with Gasteiger partial charge in [0.2, 0.25) is 0 Å². The van der Waals surface area contributed by atoms with Gasteiger partial charge < -0.3 is 4.74 Å². The van der Waals surface area contributed by atoms with Gasteiger partial charge in [-0.15, -0.1) is 5.06 Å². The number of hydrogen-bond donors (Lipinski definition) is 0. The third kappa shape index (κ3) is 2.06. The molecule has 2 rings (SSSR count). The summed E-state index contributed by atoms with van der Waals surface area (Å²) in [7, 11) is 1.68. The standard InChI is InChI=1S/C13H19NO2/c1-5-13(2,3)14-12(16-14)10-6-8-11(15-4)9-7-10/h6-9,12H,5H2,1-4H3. The molecule has 0 bridgehead atoms. The van der Waals surface area contributed by atoms with Crippen LogP contribution in [0.2, 0.25) is 0 Å². The van der Waals surface area contributed by atoms with Crippen LogP contribution in [-0.2, 0) is 4.84 Å². The molecule has 0 aromatic heterocycles. The summed E-state index contributed by atoms with van der Waals surface area (Å²) in [6, 6.07) is 8.03. The number of benzene rings is 1. The van der Waals surface area contributed by atoms with Crippen molar-refractivity contribution < 1.29 is 9.57 Å². The Kier molecular flexibility index (Phi) is 2.91. The van der Waals surface area contributed by atoms with Crippen LogP contribution in [0.3, 0.4) is 0 Å². The van der Waals surface area contributed by atoms with Gasteiger partial charge in [0.15, 0.2) is 6.23 Å². The predicted molar refractivity (Wildman–Crippen MR) is 63.0 cm³/mol. The highest BCUT2D eigenvalue weighted by molar-refractivity contribution is 5.29. The van der Waals surface area contributed by atoms with E-state index in [1.165, 1.54) is 5.56 Å². The zero-order valence-corrected chi connectivity index (χ0v) is 10.4. The average molecular weight is 221 g/mol. The average Bonchev–Trinajstić information content (AvgIpc) is 3.10. The molecule has 1 fully saturated rings. The quantitative estimate of drug-likeness (QED) is 0.730. The van der Waals surface area contributed by atoms with E-state index in [4.69, 9.17) is 9.57 Å². The molecule has 0 radical (unpaired) electrons. The molecule has 16 heavy (non-hydrogen) atoms. The van der Waals surface area contributed by atoms with Crippen LogP contribution in [0.15, 0.2) is 24.3 Å². The lowest BCUT2D eigenvalue weighted by molar-refractivity contribution is 0.0845. The number of ether oxygens (including phenoxy) is 1. The number of rotatable bonds is 4. The van der Waals surface area contributed by atoms with Gasteiger partial charge in [-0.2, -0.15) is 0 Å². The van der Waals surface area contributed by atoms with Crippen LogP contribution in [0.25, 0.3) is 0 Å². The summed E-state index contributed by atoms with van der Waals surface area (Å²) < 4.78 is 5.13. The van der Waals surface area contributed by atoms with Gasteiger partial charge in [0.1, 0.15) is 5.75 Å². The lowest BCUT2D eigenvalue weighted by Gasteiger charge is -2.21. The summed E-state index contributed by atoms with van der Waals surface area (Å²) >= 11 is 0. The summed E-state index contributed by atoms with van der Waals surface area (Å²) in [5.74, 6) is 0.880. The van der Waals surface area contributed by atoms with Crippen molar-refractivity contribution in [2.75, 3.05) is 7.11 Å². The predicted octanol–water partition coefficient (Wildman–Crippen LogP) is 3.13. The minimum atomic E-state index is 0.102. The lowest BCUT2D eigenvalue weighted by atomic mass is 10.0. The minimum Gasteiger partial charge on any atom is -0.497 e. The SMILES string of the molecule is CCC(C)(C)N1OC1c1ccc(OC)cc1. The Morgan fingerprint density at radius 1 is 1.31 bits per heavy atom.